The number of halogens is 2. The maximum atomic E-state index is 12.5. The molecule has 1 aliphatic carbocycles. The summed E-state index contributed by atoms with van der Waals surface area (Å²) in [5.41, 5.74) is 2.61. The van der Waals surface area contributed by atoms with Crippen LogP contribution in [0.15, 0.2) is 42.5 Å². The zero-order valence-corrected chi connectivity index (χ0v) is 16.5. The summed E-state index contributed by atoms with van der Waals surface area (Å²) in [5, 5.41) is -0.481. The molecule has 1 atom stereocenters. The van der Waals surface area contributed by atoms with Gasteiger partial charge in [-0.3, -0.25) is 0 Å². The highest BCUT2D eigenvalue weighted by molar-refractivity contribution is 7.90. The number of nitrogens with one attached hydrogen (secondary N) is 1. The lowest BCUT2D eigenvalue weighted by atomic mass is 10.1. The Morgan fingerprint density at radius 3 is 2.54 bits per heavy atom. The van der Waals surface area contributed by atoms with Crippen molar-refractivity contribution in [2.24, 2.45) is 0 Å². The molecule has 3 rings (SSSR count). The third-order valence-corrected chi connectivity index (χ3v) is 6.55. The molecule has 0 bridgehead atoms. The molecule has 0 spiro atoms. The van der Waals surface area contributed by atoms with Gasteiger partial charge in [0.05, 0.1) is 5.25 Å². The standard InChI is InChI=1S/C20H23F2NO4S/c1-13(2)28(24,25)23-17-9-14-7-8-18(11-16(14)10-17)26-12-15-5-3-4-6-19(15)27-20(21)22/h3-8,11,13,17,20,23H,9-10,12H2,1-2H3/t17-/m0/s1. The molecule has 152 valence electrons. The Bertz CT molecular complexity index is 932. The average Bonchev–Trinajstić information content (AvgIpc) is 3.01. The number of fused-ring (bicyclic) bond motifs is 1. The molecule has 0 fully saturated rings. The van der Waals surface area contributed by atoms with E-state index in [1.165, 1.54) is 6.07 Å². The van der Waals surface area contributed by atoms with Crippen LogP contribution in [0, 0.1) is 0 Å². The highest BCUT2D eigenvalue weighted by Crippen LogP contribution is 2.28. The molecular formula is C20H23F2NO4S. The van der Waals surface area contributed by atoms with Gasteiger partial charge in [0.1, 0.15) is 18.1 Å². The van der Waals surface area contributed by atoms with Gasteiger partial charge in [0, 0.05) is 11.6 Å². The Kier molecular flexibility index (Phi) is 6.20. The number of sulfonamides is 1. The van der Waals surface area contributed by atoms with Crippen LogP contribution in [0.1, 0.15) is 30.5 Å². The van der Waals surface area contributed by atoms with Crippen molar-refractivity contribution in [3.8, 4) is 11.5 Å². The molecule has 5 nitrogen and oxygen atoms in total. The zero-order chi connectivity index (χ0) is 20.3. The Labute approximate surface area is 163 Å². The van der Waals surface area contributed by atoms with Gasteiger partial charge in [-0.15, -0.1) is 0 Å². The molecule has 0 radical (unpaired) electrons. The predicted molar refractivity (Wildman–Crippen MR) is 102 cm³/mol. The summed E-state index contributed by atoms with van der Waals surface area (Å²) >= 11 is 0. The molecule has 0 amide bonds. The third-order valence-electron chi connectivity index (χ3n) is 4.64. The van der Waals surface area contributed by atoms with E-state index in [2.05, 4.69) is 9.46 Å². The van der Waals surface area contributed by atoms with Gasteiger partial charge in [-0.2, -0.15) is 8.78 Å². The normalized spacial score (nSPS) is 16.4. The van der Waals surface area contributed by atoms with Crippen LogP contribution in [0.5, 0.6) is 11.5 Å². The predicted octanol–water partition coefficient (Wildman–Crippen LogP) is 3.66. The van der Waals surface area contributed by atoms with Gasteiger partial charge < -0.3 is 9.47 Å². The minimum absolute atomic E-state index is 0.0850. The van der Waals surface area contributed by atoms with Crippen LogP contribution in [0.2, 0.25) is 0 Å². The van der Waals surface area contributed by atoms with Crippen molar-refractivity contribution in [2.45, 2.75) is 51.2 Å². The van der Waals surface area contributed by atoms with Gasteiger partial charge >= 0.3 is 6.61 Å². The lowest BCUT2D eigenvalue weighted by Crippen LogP contribution is -2.39. The van der Waals surface area contributed by atoms with E-state index in [0.29, 0.717) is 24.2 Å². The topological polar surface area (TPSA) is 64.6 Å². The quantitative estimate of drug-likeness (QED) is 0.720. The highest BCUT2D eigenvalue weighted by atomic mass is 32.2. The number of hydrogen-bond acceptors (Lipinski definition) is 4. The van der Waals surface area contributed by atoms with E-state index in [4.69, 9.17) is 4.74 Å². The molecule has 0 saturated carbocycles. The molecule has 2 aromatic carbocycles. The van der Waals surface area contributed by atoms with Crippen molar-refractivity contribution in [3.05, 3.63) is 59.2 Å². The Balaban J connectivity index is 1.65. The van der Waals surface area contributed by atoms with E-state index in [1.54, 1.807) is 38.1 Å². The summed E-state index contributed by atoms with van der Waals surface area (Å²) in [6, 6.07) is 11.9. The minimum Gasteiger partial charge on any atom is -0.489 e. The van der Waals surface area contributed by atoms with Crippen molar-refractivity contribution in [3.63, 3.8) is 0 Å². The van der Waals surface area contributed by atoms with Crippen molar-refractivity contribution in [2.75, 3.05) is 0 Å². The van der Waals surface area contributed by atoms with E-state index in [-0.39, 0.29) is 18.4 Å². The first-order valence-electron chi connectivity index (χ1n) is 9.03. The molecule has 0 aromatic heterocycles. The number of alkyl halides is 2. The van der Waals surface area contributed by atoms with E-state index in [9.17, 15) is 17.2 Å². The molecular weight excluding hydrogens is 388 g/mol. The van der Waals surface area contributed by atoms with Crippen LogP contribution in [-0.4, -0.2) is 26.3 Å². The first kappa shape index (κ1) is 20.5. The summed E-state index contributed by atoms with van der Waals surface area (Å²) in [6.07, 6.45) is 1.22. The fraction of sp³-hybridized carbons (Fsp3) is 0.400. The van der Waals surface area contributed by atoms with E-state index >= 15 is 0 Å². The van der Waals surface area contributed by atoms with Gasteiger partial charge in [-0.05, 0) is 56.0 Å². The SMILES string of the molecule is CC(C)S(=O)(=O)N[C@H]1Cc2ccc(OCc3ccccc3OC(F)F)cc2C1. The van der Waals surface area contributed by atoms with Crippen LogP contribution in [0.3, 0.4) is 0 Å². The van der Waals surface area contributed by atoms with Crippen LogP contribution < -0.4 is 14.2 Å². The van der Waals surface area contributed by atoms with E-state index in [0.717, 1.165) is 11.1 Å². The molecule has 2 aromatic rings. The Morgan fingerprint density at radius 1 is 1.11 bits per heavy atom. The summed E-state index contributed by atoms with van der Waals surface area (Å²) in [4.78, 5) is 0. The first-order valence-corrected chi connectivity index (χ1v) is 10.6. The van der Waals surface area contributed by atoms with E-state index < -0.39 is 21.9 Å². The second-order valence-electron chi connectivity index (χ2n) is 7.02. The molecule has 0 aliphatic heterocycles. The molecule has 1 aliphatic rings. The van der Waals surface area contributed by atoms with E-state index in [1.807, 2.05) is 12.1 Å². The maximum Gasteiger partial charge on any atom is 0.387 e. The van der Waals surface area contributed by atoms with Crippen molar-refractivity contribution < 1.29 is 26.7 Å². The van der Waals surface area contributed by atoms with Gasteiger partial charge in [0.2, 0.25) is 10.0 Å². The number of benzene rings is 2. The summed E-state index contributed by atoms with van der Waals surface area (Å²) < 4.78 is 62.2. The first-order chi connectivity index (χ1) is 13.2. The fourth-order valence-electron chi connectivity index (χ4n) is 3.13. The summed E-state index contributed by atoms with van der Waals surface area (Å²) in [7, 11) is -3.33. The molecule has 0 unspecified atom stereocenters. The Morgan fingerprint density at radius 2 is 1.82 bits per heavy atom. The summed E-state index contributed by atoms with van der Waals surface area (Å²) in [6.45, 7) is 0.482. The van der Waals surface area contributed by atoms with Crippen LogP contribution in [0.25, 0.3) is 0 Å². The van der Waals surface area contributed by atoms with Gasteiger partial charge in [-0.1, -0.05) is 24.3 Å². The van der Waals surface area contributed by atoms with Gasteiger partial charge in [-0.25, -0.2) is 13.1 Å². The van der Waals surface area contributed by atoms with Crippen LogP contribution in [0.4, 0.5) is 8.78 Å². The number of para-hydroxylation sites is 1. The van der Waals surface area contributed by atoms with Crippen molar-refractivity contribution in [1.29, 1.82) is 0 Å². The zero-order valence-electron chi connectivity index (χ0n) is 15.7. The average molecular weight is 411 g/mol. The third kappa shape index (κ3) is 4.99. The minimum atomic E-state index is -3.33. The number of ether oxygens (including phenoxy) is 2. The van der Waals surface area contributed by atoms with Crippen LogP contribution in [-0.2, 0) is 29.5 Å². The molecule has 0 heterocycles. The second-order valence-corrected chi connectivity index (χ2v) is 9.29. The molecule has 28 heavy (non-hydrogen) atoms. The fourth-order valence-corrected chi connectivity index (χ4v) is 4.03. The second kappa shape index (κ2) is 8.45. The maximum absolute atomic E-state index is 12.5. The molecule has 0 saturated heterocycles. The lowest BCUT2D eigenvalue weighted by molar-refractivity contribution is -0.0508. The number of rotatable bonds is 8. The Hall–Kier alpha value is -2.19. The highest BCUT2D eigenvalue weighted by Gasteiger charge is 2.27. The number of hydrogen-bond donors (Lipinski definition) is 1. The van der Waals surface area contributed by atoms with Crippen molar-refractivity contribution in [1.82, 2.24) is 4.72 Å². The van der Waals surface area contributed by atoms with Gasteiger partial charge in [0.25, 0.3) is 0 Å². The molecule has 8 heteroatoms. The van der Waals surface area contributed by atoms with Gasteiger partial charge in [0.15, 0.2) is 0 Å². The molecule has 1 N–H and O–H groups in total. The van der Waals surface area contributed by atoms with Crippen molar-refractivity contribution >= 4 is 10.0 Å². The smallest absolute Gasteiger partial charge is 0.387 e. The monoisotopic (exact) mass is 411 g/mol. The summed E-state index contributed by atoms with van der Waals surface area (Å²) in [5.74, 6) is 0.680. The van der Waals surface area contributed by atoms with Crippen LogP contribution >= 0.6 is 0 Å². The largest absolute Gasteiger partial charge is 0.489 e. The lowest BCUT2D eigenvalue weighted by Gasteiger charge is -2.14.